The highest BCUT2D eigenvalue weighted by atomic mass is 35.5. The molecule has 0 aliphatic rings. The van der Waals surface area contributed by atoms with Crippen molar-refractivity contribution in [2.24, 2.45) is 4.99 Å². The molecule has 1 amide bonds. The van der Waals surface area contributed by atoms with E-state index in [1.165, 1.54) is 0 Å². The topological polar surface area (TPSA) is 74.8 Å². The molecule has 0 bridgehead atoms. The first-order chi connectivity index (χ1) is 11.5. The average molecular weight is 375 g/mol. The van der Waals surface area contributed by atoms with Crippen LogP contribution in [0, 0.1) is 0 Å². The van der Waals surface area contributed by atoms with E-state index >= 15 is 0 Å². The minimum Gasteiger partial charge on any atom is -0.383 e. The Balaban J connectivity index is 2.48. The highest BCUT2D eigenvalue weighted by Crippen LogP contribution is 2.22. The molecular weight excluding hydrogens is 351 g/mol. The van der Waals surface area contributed by atoms with Crippen molar-refractivity contribution in [2.75, 3.05) is 33.4 Å². The number of nitrogens with zero attached hydrogens (tertiary/aromatic N) is 1. The Labute approximate surface area is 153 Å². The molecule has 0 radical (unpaired) electrons. The third-order valence-electron chi connectivity index (χ3n) is 2.99. The van der Waals surface area contributed by atoms with Crippen LogP contribution in [0.25, 0.3) is 0 Å². The van der Waals surface area contributed by atoms with Gasteiger partial charge in [-0.25, -0.2) is 0 Å². The second kappa shape index (κ2) is 11.1. The smallest absolute Gasteiger partial charge is 0.251 e. The molecule has 1 rings (SSSR count). The zero-order valence-corrected chi connectivity index (χ0v) is 15.7. The van der Waals surface area contributed by atoms with Gasteiger partial charge in [0.15, 0.2) is 5.96 Å². The lowest BCUT2D eigenvalue weighted by Gasteiger charge is -2.17. The molecule has 1 atom stereocenters. The highest BCUT2D eigenvalue weighted by Gasteiger charge is 2.08. The van der Waals surface area contributed by atoms with Crippen LogP contribution in [0.4, 0.5) is 0 Å². The summed E-state index contributed by atoms with van der Waals surface area (Å²) in [6.45, 7) is 6.18. The number of amides is 1. The van der Waals surface area contributed by atoms with E-state index in [0.29, 0.717) is 41.3 Å². The SMILES string of the molecule is CCNC(=NCCNC(=O)c1ccc(Cl)c(Cl)c1)NC(C)COC. The molecule has 134 valence electrons. The van der Waals surface area contributed by atoms with Gasteiger partial charge in [0.25, 0.3) is 5.91 Å². The zero-order valence-electron chi connectivity index (χ0n) is 14.2. The number of ether oxygens (including phenoxy) is 1. The van der Waals surface area contributed by atoms with E-state index in [-0.39, 0.29) is 11.9 Å². The first kappa shape index (κ1) is 20.5. The monoisotopic (exact) mass is 374 g/mol. The van der Waals surface area contributed by atoms with E-state index in [1.54, 1.807) is 25.3 Å². The van der Waals surface area contributed by atoms with E-state index in [1.807, 2.05) is 13.8 Å². The molecule has 8 heteroatoms. The average Bonchev–Trinajstić information content (AvgIpc) is 2.54. The number of carbonyl (C=O) groups excluding carboxylic acids is 1. The molecule has 1 aromatic carbocycles. The van der Waals surface area contributed by atoms with Gasteiger partial charge in [-0.05, 0) is 32.0 Å². The van der Waals surface area contributed by atoms with Gasteiger partial charge >= 0.3 is 0 Å². The standard InChI is InChI=1S/C16H24Cl2N4O2/c1-4-19-16(22-11(2)10-24-3)21-8-7-20-15(23)12-5-6-13(17)14(18)9-12/h5-6,9,11H,4,7-8,10H2,1-3H3,(H,20,23)(H2,19,21,22). The van der Waals surface area contributed by atoms with Gasteiger partial charge in [0.1, 0.15) is 0 Å². The number of carbonyl (C=O) groups is 1. The van der Waals surface area contributed by atoms with Crippen LogP contribution in [0.3, 0.4) is 0 Å². The van der Waals surface area contributed by atoms with Crippen molar-refractivity contribution in [1.82, 2.24) is 16.0 Å². The van der Waals surface area contributed by atoms with Crippen LogP contribution < -0.4 is 16.0 Å². The maximum atomic E-state index is 12.0. The Morgan fingerprint density at radius 2 is 2.04 bits per heavy atom. The lowest BCUT2D eigenvalue weighted by atomic mass is 10.2. The summed E-state index contributed by atoms with van der Waals surface area (Å²) in [5.74, 6) is 0.473. The van der Waals surface area contributed by atoms with Gasteiger partial charge < -0.3 is 20.7 Å². The van der Waals surface area contributed by atoms with Crippen LogP contribution >= 0.6 is 23.2 Å². The number of rotatable bonds is 8. The second-order valence-electron chi connectivity index (χ2n) is 5.15. The first-order valence-electron chi connectivity index (χ1n) is 7.75. The van der Waals surface area contributed by atoms with Crippen LogP contribution in [0.2, 0.25) is 10.0 Å². The summed E-state index contributed by atoms with van der Waals surface area (Å²) in [7, 11) is 1.65. The molecule has 0 aliphatic carbocycles. The van der Waals surface area contributed by atoms with Crippen LogP contribution in [0.15, 0.2) is 23.2 Å². The normalized spacial score (nSPS) is 12.6. The maximum absolute atomic E-state index is 12.0. The van der Waals surface area contributed by atoms with Gasteiger partial charge in [-0.2, -0.15) is 0 Å². The zero-order chi connectivity index (χ0) is 17.9. The molecular formula is C16H24Cl2N4O2. The quantitative estimate of drug-likeness (QED) is 0.370. The number of halogens is 2. The fraction of sp³-hybridized carbons (Fsp3) is 0.500. The van der Waals surface area contributed by atoms with Gasteiger partial charge in [-0.3, -0.25) is 9.79 Å². The van der Waals surface area contributed by atoms with Crippen molar-refractivity contribution in [2.45, 2.75) is 19.9 Å². The number of methoxy groups -OCH3 is 1. The van der Waals surface area contributed by atoms with Crippen LogP contribution in [-0.2, 0) is 4.74 Å². The summed E-state index contributed by atoms with van der Waals surface area (Å²) >= 11 is 11.7. The molecule has 0 saturated carbocycles. The fourth-order valence-electron chi connectivity index (χ4n) is 1.92. The molecule has 1 aromatic rings. The molecule has 0 saturated heterocycles. The molecule has 0 aliphatic heterocycles. The molecule has 0 aromatic heterocycles. The van der Waals surface area contributed by atoms with Gasteiger partial charge in [0, 0.05) is 31.8 Å². The van der Waals surface area contributed by atoms with E-state index in [2.05, 4.69) is 20.9 Å². The molecule has 6 nitrogen and oxygen atoms in total. The van der Waals surface area contributed by atoms with Gasteiger partial charge in [-0.1, -0.05) is 23.2 Å². The van der Waals surface area contributed by atoms with Gasteiger partial charge in [0.05, 0.1) is 23.2 Å². The highest BCUT2D eigenvalue weighted by molar-refractivity contribution is 6.42. The summed E-state index contributed by atoms with van der Waals surface area (Å²) in [5.41, 5.74) is 0.465. The van der Waals surface area contributed by atoms with Gasteiger partial charge in [0.2, 0.25) is 0 Å². The number of guanidine groups is 1. The number of aliphatic imine (C=N–C) groups is 1. The van der Waals surface area contributed by atoms with Crippen LogP contribution in [-0.4, -0.2) is 51.3 Å². The summed E-state index contributed by atoms with van der Waals surface area (Å²) in [4.78, 5) is 16.4. The van der Waals surface area contributed by atoms with Crippen LogP contribution in [0.1, 0.15) is 24.2 Å². The number of hydrogen-bond donors (Lipinski definition) is 3. The molecule has 0 heterocycles. The predicted octanol–water partition coefficient (Wildman–Crippen LogP) is 2.31. The largest absolute Gasteiger partial charge is 0.383 e. The molecule has 0 fully saturated rings. The second-order valence-corrected chi connectivity index (χ2v) is 5.96. The summed E-state index contributed by atoms with van der Waals surface area (Å²) in [5, 5.41) is 9.93. The number of benzene rings is 1. The van der Waals surface area contributed by atoms with E-state index < -0.39 is 0 Å². The summed E-state index contributed by atoms with van der Waals surface area (Å²) in [6, 6.07) is 4.91. The molecule has 24 heavy (non-hydrogen) atoms. The number of hydrogen-bond acceptors (Lipinski definition) is 3. The van der Waals surface area contributed by atoms with Crippen molar-refractivity contribution in [3.63, 3.8) is 0 Å². The van der Waals surface area contributed by atoms with Crippen LogP contribution in [0.5, 0.6) is 0 Å². The number of nitrogens with one attached hydrogen (secondary N) is 3. The van der Waals surface area contributed by atoms with Crippen molar-refractivity contribution >= 4 is 35.1 Å². The fourth-order valence-corrected chi connectivity index (χ4v) is 2.22. The Kier molecular flexibility index (Phi) is 9.52. The Morgan fingerprint density at radius 3 is 2.67 bits per heavy atom. The third kappa shape index (κ3) is 7.38. The molecule has 3 N–H and O–H groups in total. The summed E-state index contributed by atoms with van der Waals surface area (Å²) < 4.78 is 5.08. The van der Waals surface area contributed by atoms with E-state index in [4.69, 9.17) is 27.9 Å². The summed E-state index contributed by atoms with van der Waals surface area (Å²) in [6.07, 6.45) is 0. The lowest BCUT2D eigenvalue weighted by molar-refractivity contribution is 0.0955. The van der Waals surface area contributed by atoms with E-state index in [9.17, 15) is 4.79 Å². The minimum absolute atomic E-state index is 0.138. The van der Waals surface area contributed by atoms with Gasteiger partial charge in [-0.15, -0.1) is 0 Å². The Morgan fingerprint density at radius 1 is 1.29 bits per heavy atom. The van der Waals surface area contributed by atoms with E-state index in [0.717, 1.165) is 6.54 Å². The minimum atomic E-state index is -0.213. The van der Waals surface area contributed by atoms with Crippen molar-refractivity contribution < 1.29 is 9.53 Å². The molecule has 0 spiro atoms. The predicted molar refractivity (Wildman–Crippen MR) is 99.2 cm³/mol. The lowest BCUT2D eigenvalue weighted by Crippen LogP contribution is -2.44. The van der Waals surface area contributed by atoms with Crippen molar-refractivity contribution in [3.8, 4) is 0 Å². The Hall–Kier alpha value is -1.50. The van der Waals surface area contributed by atoms with Crippen molar-refractivity contribution in [3.05, 3.63) is 33.8 Å². The Bertz CT molecular complexity index is 567. The molecule has 1 unspecified atom stereocenters. The third-order valence-corrected chi connectivity index (χ3v) is 3.73. The maximum Gasteiger partial charge on any atom is 0.251 e. The van der Waals surface area contributed by atoms with Crippen molar-refractivity contribution in [1.29, 1.82) is 0 Å². The first-order valence-corrected chi connectivity index (χ1v) is 8.50.